The number of halogens is 1. The predicted octanol–water partition coefficient (Wildman–Crippen LogP) is 2.81. The zero-order valence-electron chi connectivity index (χ0n) is 10.2. The van der Waals surface area contributed by atoms with Crippen LogP contribution in [-0.4, -0.2) is 14.3 Å². The Morgan fingerprint density at radius 2 is 2.00 bits per heavy atom. The fraction of sp³-hybridized carbons (Fsp3) is 0.154. The fourth-order valence-corrected chi connectivity index (χ4v) is 2.37. The Bertz CT molecular complexity index is 719. The number of aryl methyl sites for hydroxylation is 2. The molecule has 3 rings (SSSR count). The summed E-state index contributed by atoms with van der Waals surface area (Å²) in [5.74, 6) is 0.633. The summed E-state index contributed by atoms with van der Waals surface area (Å²) in [7, 11) is 3.82. The second kappa shape index (κ2) is 3.78. The second-order valence-electron chi connectivity index (χ2n) is 4.40. The van der Waals surface area contributed by atoms with Gasteiger partial charge in [0.1, 0.15) is 5.82 Å². The molecule has 0 bridgehead atoms. The molecule has 0 unspecified atom stereocenters. The highest BCUT2D eigenvalue weighted by Crippen LogP contribution is 2.31. The molecule has 1 aromatic carbocycles. The topological polar surface area (TPSA) is 48.8 Å². The minimum absolute atomic E-state index is 0.633. The number of hydrogen-bond donors (Lipinski definition) is 1. The zero-order valence-corrected chi connectivity index (χ0v) is 10.9. The van der Waals surface area contributed by atoms with Crippen LogP contribution in [0, 0.1) is 0 Å². The van der Waals surface area contributed by atoms with Crippen LogP contribution in [0.3, 0.4) is 0 Å². The van der Waals surface area contributed by atoms with Crippen LogP contribution >= 0.6 is 11.6 Å². The van der Waals surface area contributed by atoms with Crippen molar-refractivity contribution in [3.63, 3.8) is 0 Å². The van der Waals surface area contributed by atoms with Crippen molar-refractivity contribution in [3.05, 3.63) is 35.5 Å². The number of rotatable bonds is 1. The minimum atomic E-state index is 0.633. The molecule has 0 saturated heterocycles. The van der Waals surface area contributed by atoms with Crippen LogP contribution in [0.1, 0.15) is 0 Å². The molecule has 0 aliphatic heterocycles. The number of aromatic nitrogens is 3. The highest BCUT2D eigenvalue weighted by molar-refractivity contribution is 6.35. The molecular weight excluding hydrogens is 248 g/mol. The summed E-state index contributed by atoms with van der Waals surface area (Å²) in [6, 6.07) is 7.85. The number of nitrogen functional groups attached to an aromatic ring is 1. The Morgan fingerprint density at radius 1 is 1.22 bits per heavy atom. The predicted molar refractivity (Wildman–Crippen MR) is 74.5 cm³/mol. The van der Waals surface area contributed by atoms with Crippen molar-refractivity contribution < 1.29 is 0 Å². The molecule has 3 aromatic rings. The first-order chi connectivity index (χ1) is 8.56. The summed E-state index contributed by atoms with van der Waals surface area (Å²) >= 11 is 6.29. The number of benzene rings is 1. The van der Waals surface area contributed by atoms with E-state index in [1.165, 1.54) is 0 Å². The van der Waals surface area contributed by atoms with E-state index in [1.807, 2.05) is 43.1 Å². The molecule has 2 N–H and O–H groups in total. The van der Waals surface area contributed by atoms with E-state index < -0.39 is 0 Å². The van der Waals surface area contributed by atoms with E-state index in [0.717, 1.165) is 27.2 Å². The van der Waals surface area contributed by atoms with Gasteiger partial charge in [0, 0.05) is 42.8 Å². The zero-order chi connectivity index (χ0) is 12.9. The third-order valence-electron chi connectivity index (χ3n) is 3.16. The van der Waals surface area contributed by atoms with Gasteiger partial charge in [-0.25, -0.2) is 0 Å². The lowest BCUT2D eigenvalue weighted by Gasteiger charge is -2.02. The molecule has 92 valence electrons. The van der Waals surface area contributed by atoms with E-state index in [1.54, 1.807) is 4.68 Å². The van der Waals surface area contributed by atoms with Crippen LogP contribution in [-0.2, 0) is 14.1 Å². The molecule has 0 aliphatic carbocycles. The van der Waals surface area contributed by atoms with E-state index in [4.69, 9.17) is 17.3 Å². The normalized spacial score (nSPS) is 11.3. The average Bonchev–Trinajstić information content (AvgIpc) is 2.85. The van der Waals surface area contributed by atoms with Crippen molar-refractivity contribution in [3.8, 4) is 11.3 Å². The number of hydrogen-bond acceptors (Lipinski definition) is 2. The van der Waals surface area contributed by atoms with E-state index in [2.05, 4.69) is 11.2 Å². The number of fused-ring (bicyclic) bond motifs is 1. The molecule has 2 heterocycles. The van der Waals surface area contributed by atoms with Crippen LogP contribution in [0.15, 0.2) is 30.5 Å². The number of nitrogens with two attached hydrogens (primary N) is 1. The fourth-order valence-electron chi connectivity index (χ4n) is 2.10. The first-order valence-electron chi connectivity index (χ1n) is 5.61. The summed E-state index contributed by atoms with van der Waals surface area (Å²) in [6.07, 6.45) is 1.99. The molecule has 0 aliphatic rings. The maximum Gasteiger partial charge on any atom is 0.121 e. The third-order valence-corrected chi connectivity index (χ3v) is 3.48. The van der Waals surface area contributed by atoms with Gasteiger partial charge in [-0.3, -0.25) is 4.68 Å². The van der Waals surface area contributed by atoms with Gasteiger partial charge in [0.15, 0.2) is 0 Å². The summed E-state index contributed by atoms with van der Waals surface area (Å²) in [5, 5.41) is 6.14. The molecule has 0 atom stereocenters. The van der Waals surface area contributed by atoms with Gasteiger partial charge in [0.2, 0.25) is 0 Å². The molecule has 0 saturated carbocycles. The maximum atomic E-state index is 6.29. The molecule has 2 aromatic heterocycles. The van der Waals surface area contributed by atoms with Crippen LogP contribution in [0.25, 0.3) is 22.2 Å². The van der Waals surface area contributed by atoms with Crippen molar-refractivity contribution in [2.24, 2.45) is 14.1 Å². The first kappa shape index (κ1) is 11.2. The van der Waals surface area contributed by atoms with Gasteiger partial charge < -0.3 is 10.3 Å². The SMILES string of the molecule is Cn1nc(-c2cc(Cl)c3ccn(C)c3c2)cc1N. The van der Waals surface area contributed by atoms with Gasteiger partial charge >= 0.3 is 0 Å². The molecule has 4 nitrogen and oxygen atoms in total. The van der Waals surface area contributed by atoms with Crippen LogP contribution < -0.4 is 5.73 Å². The molecule has 0 amide bonds. The highest BCUT2D eigenvalue weighted by atomic mass is 35.5. The van der Waals surface area contributed by atoms with Gasteiger partial charge in [-0.2, -0.15) is 5.10 Å². The Hall–Kier alpha value is -1.94. The monoisotopic (exact) mass is 260 g/mol. The van der Waals surface area contributed by atoms with Crippen molar-refractivity contribution in [1.29, 1.82) is 0 Å². The van der Waals surface area contributed by atoms with E-state index in [9.17, 15) is 0 Å². The van der Waals surface area contributed by atoms with E-state index >= 15 is 0 Å². The standard InChI is InChI=1S/C13H13ClN4/c1-17-4-3-9-10(14)5-8(6-12(9)17)11-7-13(15)18(2)16-11/h3-7H,15H2,1-2H3. The smallest absolute Gasteiger partial charge is 0.121 e. The summed E-state index contributed by atoms with van der Waals surface area (Å²) in [6.45, 7) is 0. The Morgan fingerprint density at radius 3 is 2.67 bits per heavy atom. The maximum absolute atomic E-state index is 6.29. The Balaban J connectivity index is 2.26. The Kier molecular flexibility index (Phi) is 2.35. The first-order valence-corrected chi connectivity index (χ1v) is 5.98. The lowest BCUT2D eigenvalue weighted by Crippen LogP contribution is -1.96. The minimum Gasteiger partial charge on any atom is -0.384 e. The largest absolute Gasteiger partial charge is 0.384 e. The number of nitrogens with zero attached hydrogens (tertiary/aromatic N) is 3. The summed E-state index contributed by atoms with van der Waals surface area (Å²) < 4.78 is 3.69. The molecule has 5 heteroatoms. The molecule has 0 radical (unpaired) electrons. The molecule has 0 fully saturated rings. The van der Waals surface area contributed by atoms with Crippen molar-refractivity contribution in [2.75, 3.05) is 5.73 Å². The molecular formula is C13H13ClN4. The second-order valence-corrected chi connectivity index (χ2v) is 4.80. The van der Waals surface area contributed by atoms with Crippen molar-refractivity contribution in [1.82, 2.24) is 14.3 Å². The van der Waals surface area contributed by atoms with Gasteiger partial charge in [0.05, 0.1) is 10.7 Å². The van der Waals surface area contributed by atoms with Gasteiger partial charge in [0.25, 0.3) is 0 Å². The van der Waals surface area contributed by atoms with Gasteiger partial charge in [-0.05, 0) is 18.2 Å². The van der Waals surface area contributed by atoms with Gasteiger partial charge in [-0.15, -0.1) is 0 Å². The highest BCUT2D eigenvalue weighted by Gasteiger charge is 2.10. The van der Waals surface area contributed by atoms with E-state index in [0.29, 0.717) is 5.82 Å². The quantitative estimate of drug-likeness (QED) is 0.731. The lowest BCUT2D eigenvalue weighted by atomic mass is 10.1. The van der Waals surface area contributed by atoms with Crippen LogP contribution in [0.4, 0.5) is 5.82 Å². The van der Waals surface area contributed by atoms with Crippen LogP contribution in [0.2, 0.25) is 5.02 Å². The molecule has 0 spiro atoms. The van der Waals surface area contributed by atoms with Crippen LogP contribution in [0.5, 0.6) is 0 Å². The Labute approximate surface area is 110 Å². The summed E-state index contributed by atoms with van der Waals surface area (Å²) in [5.41, 5.74) is 8.69. The summed E-state index contributed by atoms with van der Waals surface area (Å²) in [4.78, 5) is 0. The van der Waals surface area contributed by atoms with Crippen molar-refractivity contribution in [2.45, 2.75) is 0 Å². The van der Waals surface area contributed by atoms with Gasteiger partial charge in [-0.1, -0.05) is 11.6 Å². The third kappa shape index (κ3) is 1.57. The number of anilines is 1. The lowest BCUT2D eigenvalue weighted by molar-refractivity contribution is 0.782. The average molecular weight is 261 g/mol. The van der Waals surface area contributed by atoms with E-state index in [-0.39, 0.29) is 0 Å². The van der Waals surface area contributed by atoms with Crippen molar-refractivity contribution >= 4 is 28.3 Å². The molecule has 18 heavy (non-hydrogen) atoms.